The Balaban J connectivity index is 2.32. The molecule has 1 aliphatic rings. The van der Waals surface area contributed by atoms with Gasteiger partial charge in [0.1, 0.15) is 5.76 Å². The van der Waals surface area contributed by atoms with E-state index < -0.39 is 5.97 Å². The van der Waals surface area contributed by atoms with Crippen molar-refractivity contribution in [2.45, 2.75) is 26.2 Å². The topological polar surface area (TPSA) is 50.4 Å². The van der Waals surface area contributed by atoms with E-state index in [1.807, 2.05) is 6.07 Å². The van der Waals surface area contributed by atoms with Crippen LogP contribution in [0.2, 0.25) is 0 Å². The summed E-state index contributed by atoms with van der Waals surface area (Å²) in [6, 6.07) is 1.94. The average molecular weight is 194 g/mol. The van der Waals surface area contributed by atoms with E-state index in [0.29, 0.717) is 5.92 Å². The van der Waals surface area contributed by atoms with Gasteiger partial charge in [0.15, 0.2) is 0 Å². The zero-order chi connectivity index (χ0) is 10.3. The van der Waals surface area contributed by atoms with Crippen LogP contribution >= 0.6 is 0 Å². The maximum atomic E-state index is 10.9. The molecule has 1 heterocycles. The fraction of sp³-hybridized carbons (Fsp3) is 0.545. The van der Waals surface area contributed by atoms with Crippen molar-refractivity contribution >= 4 is 5.97 Å². The highest BCUT2D eigenvalue weighted by Crippen LogP contribution is 2.42. The monoisotopic (exact) mass is 194 g/mol. The fourth-order valence-electron chi connectivity index (χ4n) is 2.41. The highest BCUT2D eigenvalue weighted by atomic mass is 16.4. The highest BCUT2D eigenvalue weighted by molar-refractivity contribution is 5.71. The number of carboxylic acids is 1. The second kappa shape index (κ2) is 3.15. The lowest BCUT2D eigenvalue weighted by Crippen LogP contribution is -2.21. The lowest BCUT2D eigenvalue weighted by Gasteiger charge is -2.19. The number of rotatable bonds is 2. The first kappa shape index (κ1) is 9.31. The number of carbonyl (C=O) groups is 1. The van der Waals surface area contributed by atoms with E-state index >= 15 is 0 Å². The van der Waals surface area contributed by atoms with Crippen molar-refractivity contribution < 1.29 is 14.3 Å². The minimum Gasteiger partial charge on any atom is -0.481 e. The summed E-state index contributed by atoms with van der Waals surface area (Å²) in [4.78, 5) is 10.9. The van der Waals surface area contributed by atoms with Crippen molar-refractivity contribution in [1.82, 2.24) is 0 Å². The molecule has 3 atom stereocenters. The second-order valence-electron chi connectivity index (χ2n) is 4.14. The van der Waals surface area contributed by atoms with Crippen molar-refractivity contribution in [3.63, 3.8) is 0 Å². The summed E-state index contributed by atoms with van der Waals surface area (Å²) in [6.45, 7) is 3.83. The number of aliphatic carboxylic acids is 1. The van der Waals surface area contributed by atoms with E-state index in [-0.39, 0.29) is 11.8 Å². The smallest absolute Gasteiger partial charge is 0.306 e. The molecule has 76 valence electrons. The normalized spacial score (nSPS) is 27.3. The summed E-state index contributed by atoms with van der Waals surface area (Å²) >= 11 is 0. The van der Waals surface area contributed by atoms with Gasteiger partial charge in [0.05, 0.1) is 12.2 Å². The highest BCUT2D eigenvalue weighted by Gasteiger charge is 2.38. The Morgan fingerprint density at radius 2 is 2.43 bits per heavy atom. The number of carboxylic acid groups (broad SMARTS) is 1. The summed E-state index contributed by atoms with van der Waals surface area (Å²) in [5.41, 5.74) is 1.18. The van der Waals surface area contributed by atoms with Crippen LogP contribution in [0, 0.1) is 11.8 Å². The third-order valence-electron chi connectivity index (χ3n) is 3.17. The molecule has 0 amide bonds. The largest absolute Gasteiger partial charge is 0.481 e. The van der Waals surface area contributed by atoms with Crippen molar-refractivity contribution in [3.8, 4) is 0 Å². The summed E-state index contributed by atoms with van der Waals surface area (Å²) < 4.78 is 5.37. The Hall–Kier alpha value is -1.25. The molecular weight excluding hydrogens is 180 g/mol. The Labute approximate surface area is 82.7 Å². The van der Waals surface area contributed by atoms with Crippen LogP contribution < -0.4 is 0 Å². The van der Waals surface area contributed by atoms with Gasteiger partial charge in [-0.25, -0.2) is 0 Å². The predicted molar refractivity (Wildman–Crippen MR) is 51.1 cm³/mol. The Kier molecular flexibility index (Phi) is 2.10. The van der Waals surface area contributed by atoms with Crippen LogP contribution in [-0.2, 0) is 11.2 Å². The number of fused-ring (bicyclic) bond motifs is 1. The van der Waals surface area contributed by atoms with E-state index in [4.69, 9.17) is 9.52 Å². The van der Waals surface area contributed by atoms with Crippen molar-refractivity contribution in [2.75, 3.05) is 0 Å². The van der Waals surface area contributed by atoms with Crippen molar-refractivity contribution in [2.24, 2.45) is 11.8 Å². The quantitative estimate of drug-likeness (QED) is 0.785. The summed E-state index contributed by atoms with van der Waals surface area (Å²) in [7, 11) is 0. The molecule has 1 aromatic heterocycles. The van der Waals surface area contributed by atoms with E-state index in [9.17, 15) is 4.79 Å². The molecule has 0 aliphatic heterocycles. The molecule has 2 rings (SSSR count). The molecule has 0 bridgehead atoms. The molecule has 0 saturated heterocycles. The fourth-order valence-corrected chi connectivity index (χ4v) is 2.41. The summed E-state index contributed by atoms with van der Waals surface area (Å²) in [5.74, 6) is 0.185. The van der Waals surface area contributed by atoms with Crippen molar-refractivity contribution in [1.29, 1.82) is 0 Å². The first-order valence-corrected chi connectivity index (χ1v) is 4.90. The SMILES string of the molecule is CC1Cc2ccoc2C1C(C)C(=O)O. The third kappa shape index (κ3) is 1.24. The molecule has 14 heavy (non-hydrogen) atoms. The molecule has 3 unspecified atom stereocenters. The molecule has 1 N–H and O–H groups in total. The van der Waals surface area contributed by atoms with Gasteiger partial charge in [0, 0.05) is 5.92 Å². The van der Waals surface area contributed by atoms with Crippen LogP contribution in [0.4, 0.5) is 0 Å². The molecule has 1 aliphatic carbocycles. The minimum atomic E-state index is -0.744. The number of furan rings is 1. The summed E-state index contributed by atoms with van der Waals surface area (Å²) in [5, 5.41) is 8.98. The van der Waals surface area contributed by atoms with Crippen molar-refractivity contribution in [3.05, 3.63) is 23.7 Å². The zero-order valence-corrected chi connectivity index (χ0v) is 8.36. The number of hydrogen-bond donors (Lipinski definition) is 1. The van der Waals surface area contributed by atoms with Gasteiger partial charge in [-0.15, -0.1) is 0 Å². The van der Waals surface area contributed by atoms with Gasteiger partial charge < -0.3 is 9.52 Å². The Morgan fingerprint density at radius 3 is 3.07 bits per heavy atom. The van der Waals surface area contributed by atoms with Crippen LogP contribution in [0.25, 0.3) is 0 Å². The van der Waals surface area contributed by atoms with Gasteiger partial charge in [-0.3, -0.25) is 4.79 Å². The maximum absolute atomic E-state index is 10.9. The maximum Gasteiger partial charge on any atom is 0.306 e. The lowest BCUT2D eigenvalue weighted by molar-refractivity contribution is -0.142. The molecule has 3 nitrogen and oxygen atoms in total. The minimum absolute atomic E-state index is 0.0394. The van der Waals surface area contributed by atoms with Crippen LogP contribution in [0.1, 0.15) is 31.1 Å². The van der Waals surface area contributed by atoms with Gasteiger partial charge in [-0.2, -0.15) is 0 Å². The summed E-state index contributed by atoms with van der Waals surface area (Å²) in [6.07, 6.45) is 2.59. The van der Waals surface area contributed by atoms with Crippen LogP contribution in [0.3, 0.4) is 0 Å². The van der Waals surface area contributed by atoms with E-state index in [1.54, 1.807) is 13.2 Å². The van der Waals surface area contributed by atoms with Gasteiger partial charge in [-0.1, -0.05) is 13.8 Å². The van der Waals surface area contributed by atoms with Gasteiger partial charge in [0.25, 0.3) is 0 Å². The van der Waals surface area contributed by atoms with Gasteiger partial charge >= 0.3 is 5.97 Å². The van der Waals surface area contributed by atoms with E-state index in [1.165, 1.54) is 5.56 Å². The van der Waals surface area contributed by atoms with E-state index in [2.05, 4.69) is 6.92 Å². The van der Waals surface area contributed by atoms with Crippen LogP contribution in [0.5, 0.6) is 0 Å². The second-order valence-corrected chi connectivity index (χ2v) is 4.14. The predicted octanol–water partition coefficient (Wildman–Crippen LogP) is 2.28. The number of hydrogen-bond acceptors (Lipinski definition) is 2. The molecule has 1 aromatic rings. The molecule has 0 fully saturated rings. The van der Waals surface area contributed by atoms with Crippen LogP contribution in [-0.4, -0.2) is 11.1 Å². The first-order valence-electron chi connectivity index (χ1n) is 4.90. The lowest BCUT2D eigenvalue weighted by atomic mass is 9.86. The Bertz CT molecular complexity index is 353. The molecule has 0 aromatic carbocycles. The third-order valence-corrected chi connectivity index (χ3v) is 3.17. The molecule has 3 heteroatoms. The van der Waals surface area contributed by atoms with Gasteiger partial charge in [-0.05, 0) is 24.0 Å². The van der Waals surface area contributed by atoms with Gasteiger partial charge in [0.2, 0.25) is 0 Å². The molecule has 0 spiro atoms. The molecule has 0 radical (unpaired) electrons. The van der Waals surface area contributed by atoms with E-state index in [0.717, 1.165) is 12.2 Å². The zero-order valence-electron chi connectivity index (χ0n) is 8.36. The average Bonchev–Trinajstić information content (AvgIpc) is 2.62. The molecular formula is C11H14O3. The first-order chi connectivity index (χ1) is 6.61. The standard InChI is InChI=1S/C11H14O3/c1-6-5-8-3-4-14-10(8)9(6)7(2)11(12)13/h3-4,6-7,9H,5H2,1-2H3,(H,12,13). The van der Waals surface area contributed by atoms with Crippen LogP contribution in [0.15, 0.2) is 16.7 Å². The molecule has 0 saturated carbocycles. The Morgan fingerprint density at radius 1 is 1.71 bits per heavy atom.